The van der Waals surface area contributed by atoms with E-state index in [0.717, 1.165) is 19.5 Å². The largest absolute Gasteiger partial charge is 0.373 e. The molecule has 4 nitrogen and oxygen atoms in total. The molecule has 1 fully saturated rings. The third kappa shape index (κ3) is 4.25. The zero-order valence-corrected chi connectivity index (χ0v) is 12.6. The molecule has 0 aliphatic carbocycles. The van der Waals surface area contributed by atoms with Gasteiger partial charge in [-0.25, -0.2) is 0 Å². The van der Waals surface area contributed by atoms with E-state index in [1.165, 1.54) is 0 Å². The molecule has 0 aromatic rings. The van der Waals surface area contributed by atoms with Gasteiger partial charge in [-0.15, -0.1) is 0 Å². The lowest BCUT2D eigenvalue weighted by Crippen LogP contribution is -2.56. The van der Waals surface area contributed by atoms with Gasteiger partial charge < -0.3 is 10.1 Å². The molecule has 1 aliphatic heterocycles. The molecule has 4 heteroatoms. The number of hydrogen-bond donors (Lipinski definition) is 1. The Morgan fingerprint density at radius 3 is 2.33 bits per heavy atom. The Morgan fingerprint density at radius 1 is 1.39 bits per heavy atom. The molecule has 18 heavy (non-hydrogen) atoms. The van der Waals surface area contributed by atoms with Crippen molar-refractivity contribution in [1.29, 1.82) is 0 Å². The molecule has 0 aromatic heterocycles. The van der Waals surface area contributed by atoms with E-state index in [2.05, 4.69) is 44.8 Å². The maximum Gasteiger partial charge on any atom is 0.237 e. The molecule has 1 amide bonds. The number of carbonyl (C=O) groups is 1. The molecule has 0 radical (unpaired) electrons. The molecular formula is C14H28N2O2. The van der Waals surface area contributed by atoms with Crippen LogP contribution in [0.3, 0.4) is 0 Å². The fourth-order valence-corrected chi connectivity index (χ4v) is 2.23. The topological polar surface area (TPSA) is 41.6 Å². The molecule has 0 aromatic carbocycles. The molecule has 106 valence electrons. The summed E-state index contributed by atoms with van der Waals surface area (Å²) in [5.41, 5.74) is -0.130. The lowest BCUT2D eigenvalue weighted by molar-refractivity contribution is -0.133. The van der Waals surface area contributed by atoms with Crippen LogP contribution in [0.5, 0.6) is 0 Å². The molecule has 3 atom stereocenters. The van der Waals surface area contributed by atoms with Gasteiger partial charge in [0.15, 0.2) is 0 Å². The van der Waals surface area contributed by atoms with E-state index in [-0.39, 0.29) is 29.7 Å². The highest BCUT2D eigenvalue weighted by Gasteiger charge is 2.31. The van der Waals surface area contributed by atoms with Crippen LogP contribution in [0.25, 0.3) is 0 Å². The van der Waals surface area contributed by atoms with E-state index in [9.17, 15) is 4.79 Å². The van der Waals surface area contributed by atoms with Gasteiger partial charge >= 0.3 is 0 Å². The first-order chi connectivity index (χ1) is 8.25. The normalized spacial score (nSPS) is 27.9. The van der Waals surface area contributed by atoms with E-state index in [1.807, 2.05) is 6.92 Å². The van der Waals surface area contributed by atoms with Crippen molar-refractivity contribution in [3.05, 3.63) is 0 Å². The summed E-state index contributed by atoms with van der Waals surface area (Å²) >= 11 is 0. The molecule has 1 rings (SSSR count). The van der Waals surface area contributed by atoms with Crippen molar-refractivity contribution in [2.75, 3.05) is 13.1 Å². The molecule has 0 saturated carbocycles. The number of ether oxygens (including phenoxy) is 1. The quantitative estimate of drug-likeness (QED) is 0.834. The molecule has 0 spiro atoms. The average Bonchev–Trinajstić information content (AvgIpc) is 2.26. The molecule has 1 saturated heterocycles. The summed E-state index contributed by atoms with van der Waals surface area (Å²) in [4.78, 5) is 14.4. The van der Waals surface area contributed by atoms with Crippen LogP contribution >= 0.6 is 0 Å². The average molecular weight is 256 g/mol. The summed E-state index contributed by atoms with van der Waals surface area (Å²) in [6.07, 6.45) is 1.33. The summed E-state index contributed by atoms with van der Waals surface area (Å²) in [7, 11) is 0. The predicted molar refractivity (Wildman–Crippen MR) is 73.6 cm³/mol. The second-order valence-corrected chi connectivity index (χ2v) is 6.11. The van der Waals surface area contributed by atoms with Gasteiger partial charge in [0.05, 0.1) is 18.2 Å². The van der Waals surface area contributed by atoms with Gasteiger partial charge in [0, 0.05) is 18.6 Å². The standard InChI is InChI=1S/C14H28N2O2/c1-7-14(5,6)15-13(17)12(4)16-8-10(2)18-11(3)9-16/h10-12H,7-9H2,1-6H3,(H,15,17). The Balaban J connectivity index is 2.58. The van der Waals surface area contributed by atoms with Gasteiger partial charge in [-0.1, -0.05) is 6.92 Å². The Bertz CT molecular complexity index is 282. The van der Waals surface area contributed by atoms with Crippen LogP contribution in [-0.4, -0.2) is 47.7 Å². The number of amides is 1. The fourth-order valence-electron chi connectivity index (χ4n) is 2.23. The Labute approximate surface area is 111 Å². The van der Waals surface area contributed by atoms with Crippen LogP contribution in [-0.2, 0) is 9.53 Å². The maximum absolute atomic E-state index is 12.2. The van der Waals surface area contributed by atoms with Crippen molar-refractivity contribution < 1.29 is 9.53 Å². The summed E-state index contributed by atoms with van der Waals surface area (Å²) in [5.74, 6) is 0.114. The number of nitrogens with one attached hydrogen (secondary N) is 1. The highest BCUT2D eigenvalue weighted by molar-refractivity contribution is 5.82. The highest BCUT2D eigenvalue weighted by atomic mass is 16.5. The first kappa shape index (κ1) is 15.4. The molecule has 0 bridgehead atoms. The third-order valence-electron chi connectivity index (χ3n) is 3.72. The minimum atomic E-state index is -0.130. The van der Waals surface area contributed by atoms with Crippen LogP contribution in [0.2, 0.25) is 0 Å². The lowest BCUT2D eigenvalue weighted by atomic mass is 10.0. The SMILES string of the molecule is CCC(C)(C)NC(=O)C(C)N1CC(C)OC(C)C1. The summed E-state index contributed by atoms with van der Waals surface area (Å²) in [5, 5.41) is 3.11. The number of carbonyl (C=O) groups excluding carboxylic acids is 1. The summed E-state index contributed by atoms with van der Waals surface area (Å²) in [6, 6.07) is -0.0929. The second kappa shape index (κ2) is 6.02. The van der Waals surface area contributed by atoms with Crippen molar-refractivity contribution in [1.82, 2.24) is 10.2 Å². The molecular weight excluding hydrogens is 228 g/mol. The number of rotatable bonds is 4. The van der Waals surface area contributed by atoms with Crippen LogP contribution in [0.4, 0.5) is 0 Å². The second-order valence-electron chi connectivity index (χ2n) is 6.11. The summed E-state index contributed by atoms with van der Waals surface area (Å²) in [6.45, 7) is 13.9. The predicted octanol–water partition coefficient (Wildman–Crippen LogP) is 1.79. The zero-order valence-electron chi connectivity index (χ0n) is 12.6. The van der Waals surface area contributed by atoms with Gasteiger partial charge in [0.2, 0.25) is 5.91 Å². The van der Waals surface area contributed by atoms with Crippen molar-refractivity contribution in [2.24, 2.45) is 0 Å². The van der Waals surface area contributed by atoms with Gasteiger partial charge in [-0.3, -0.25) is 9.69 Å². The van der Waals surface area contributed by atoms with Gasteiger partial charge in [0.25, 0.3) is 0 Å². The van der Waals surface area contributed by atoms with Gasteiger partial charge in [0.1, 0.15) is 0 Å². The minimum absolute atomic E-state index is 0.0929. The number of nitrogens with zero attached hydrogens (tertiary/aromatic N) is 1. The summed E-state index contributed by atoms with van der Waals surface area (Å²) < 4.78 is 5.69. The third-order valence-corrected chi connectivity index (χ3v) is 3.72. The Morgan fingerprint density at radius 2 is 1.89 bits per heavy atom. The number of hydrogen-bond acceptors (Lipinski definition) is 3. The van der Waals surface area contributed by atoms with Crippen LogP contribution in [0, 0.1) is 0 Å². The van der Waals surface area contributed by atoms with E-state index in [0.29, 0.717) is 0 Å². The highest BCUT2D eigenvalue weighted by Crippen LogP contribution is 2.15. The Kier molecular flexibility index (Phi) is 5.17. The van der Waals surface area contributed by atoms with Crippen LogP contribution in [0.15, 0.2) is 0 Å². The van der Waals surface area contributed by atoms with Crippen molar-refractivity contribution in [2.45, 2.75) is 71.8 Å². The van der Waals surface area contributed by atoms with Gasteiger partial charge in [-0.2, -0.15) is 0 Å². The molecule has 1 N–H and O–H groups in total. The van der Waals surface area contributed by atoms with E-state index in [1.54, 1.807) is 0 Å². The van der Waals surface area contributed by atoms with Gasteiger partial charge in [-0.05, 0) is 41.0 Å². The van der Waals surface area contributed by atoms with E-state index < -0.39 is 0 Å². The maximum atomic E-state index is 12.2. The molecule has 1 aliphatic rings. The first-order valence-electron chi connectivity index (χ1n) is 6.96. The van der Waals surface area contributed by atoms with Crippen LogP contribution in [0.1, 0.15) is 48.0 Å². The smallest absolute Gasteiger partial charge is 0.237 e. The Hall–Kier alpha value is -0.610. The molecule has 1 heterocycles. The van der Waals surface area contributed by atoms with E-state index >= 15 is 0 Å². The van der Waals surface area contributed by atoms with E-state index in [4.69, 9.17) is 4.74 Å². The monoisotopic (exact) mass is 256 g/mol. The van der Waals surface area contributed by atoms with Crippen LogP contribution < -0.4 is 5.32 Å². The zero-order chi connectivity index (χ0) is 13.9. The van der Waals surface area contributed by atoms with Crippen molar-refractivity contribution in [3.63, 3.8) is 0 Å². The lowest BCUT2D eigenvalue weighted by Gasteiger charge is -2.39. The number of morpholine rings is 1. The fraction of sp³-hybridized carbons (Fsp3) is 0.929. The molecule has 3 unspecified atom stereocenters. The van der Waals surface area contributed by atoms with Crippen molar-refractivity contribution >= 4 is 5.91 Å². The first-order valence-corrected chi connectivity index (χ1v) is 6.96. The van der Waals surface area contributed by atoms with Crippen molar-refractivity contribution in [3.8, 4) is 0 Å². The minimum Gasteiger partial charge on any atom is -0.373 e.